The summed E-state index contributed by atoms with van der Waals surface area (Å²) in [6.45, 7) is 4.28. The molecule has 2 aliphatic rings. The second-order valence-electron chi connectivity index (χ2n) is 5.63. The minimum absolute atomic E-state index is 0.0792. The van der Waals surface area contributed by atoms with E-state index in [-0.39, 0.29) is 11.9 Å². The molecule has 0 unspecified atom stereocenters. The zero-order valence-electron chi connectivity index (χ0n) is 10.7. The van der Waals surface area contributed by atoms with Gasteiger partial charge < -0.3 is 5.32 Å². The van der Waals surface area contributed by atoms with Crippen LogP contribution in [0.4, 0.5) is 0 Å². The minimum Gasteiger partial charge on any atom is -0.350 e. The Hall–Kier alpha value is -0.640. The van der Waals surface area contributed by atoms with E-state index < -0.39 is 0 Å². The van der Waals surface area contributed by atoms with Gasteiger partial charge in [-0.15, -0.1) is 0 Å². The molecule has 1 aliphatic carbocycles. The third-order valence-electron chi connectivity index (χ3n) is 3.70. The molecule has 3 nitrogen and oxygen atoms in total. The van der Waals surface area contributed by atoms with Gasteiger partial charge in [-0.25, -0.2) is 0 Å². The minimum atomic E-state index is -0.0792. The molecule has 1 atom stereocenters. The number of amides is 1. The van der Waals surface area contributed by atoms with Gasteiger partial charge in [-0.2, -0.15) is 0 Å². The fraction of sp³-hybridized carbons (Fsp3) is 0.846. The topological polar surface area (TPSA) is 32.3 Å². The number of nitrogens with zero attached hydrogens (tertiary/aromatic N) is 1. The highest BCUT2D eigenvalue weighted by Crippen LogP contribution is 2.26. The molecule has 0 spiro atoms. The van der Waals surface area contributed by atoms with Crippen molar-refractivity contribution in [3.8, 4) is 0 Å². The van der Waals surface area contributed by atoms with Crippen molar-refractivity contribution >= 4 is 23.2 Å². The molecule has 1 aliphatic heterocycles. The average Bonchev–Trinajstić information content (AvgIpc) is 2.54. The van der Waals surface area contributed by atoms with Crippen molar-refractivity contribution in [3.05, 3.63) is 0 Å². The third-order valence-corrected chi connectivity index (χ3v) is 4.01. The van der Waals surface area contributed by atoms with Gasteiger partial charge in [-0.1, -0.05) is 33.1 Å². The Bertz CT molecular complexity index is 311. The number of hydrogen-bond donors (Lipinski definition) is 1. The number of thiocarbonyl (C=S) groups is 1. The first-order valence-corrected chi connectivity index (χ1v) is 7.14. The molecule has 0 aromatic heterocycles. The van der Waals surface area contributed by atoms with Crippen molar-refractivity contribution in [2.45, 2.75) is 64.5 Å². The van der Waals surface area contributed by atoms with E-state index in [9.17, 15) is 4.79 Å². The van der Waals surface area contributed by atoms with Crippen molar-refractivity contribution in [3.63, 3.8) is 0 Å². The predicted molar refractivity (Wildman–Crippen MR) is 72.7 cm³/mol. The molecule has 1 amide bonds. The van der Waals surface area contributed by atoms with Crippen LogP contribution < -0.4 is 5.32 Å². The molecule has 1 heterocycles. The average molecular weight is 254 g/mol. The first-order valence-electron chi connectivity index (χ1n) is 6.73. The Kier molecular flexibility index (Phi) is 4.02. The van der Waals surface area contributed by atoms with E-state index in [0.29, 0.717) is 17.1 Å². The summed E-state index contributed by atoms with van der Waals surface area (Å²) >= 11 is 5.32. The zero-order chi connectivity index (χ0) is 12.4. The van der Waals surface area contributed by atoms with Crippen molar-refractivity contribution in [1.82, 2.24) is 10.2 Å². The molecular weight excluding hydrogens is 232 g/mol. The summed E-state index contributed by atoms with van der Waals surface area (Å²) in [5.41, 5.74) is 0. The Morgan fingerprint density at radius 3 is 2.59 bits per heavy atom. The van der Waals surface area contributed by atoms with Crippen molar-refractivity contribution in [2.75, 3.05) is 0 Å². The first-order chi connectivity index (χ1) is 8.09. The number of carbonyl (C=O) groups excluding carboxylic acids is 1. The molecule has 1 N–H and O–H groups in total. The molecule has 1 saturated heterocycles. The van der Waals surface area contributed by atoms with Gasteiger partial charge in [0.1, 0.15) is 6.04 Å². The van der Waals surface area contributed by atoms with Crippen LogP contribution in [0.2, 0.25) is 0 Å². The van der Waals surface area contributed by atoms with E-state index in [1.54, 1.807) is 0 Å². The van der Waals surface area contributed by atoms with Gasteiger partial charge in [0.05, 0.1) is 0 Å². The molecule has 0 bridgehead atoms. The predicted octanol–water partition coefficient (Wildman–Crippen LogP) is 2.45. The van der Waals surface area contributed by atoms with E-state index in [4.69, 9.17) is 12.2 Å². The molecule has 17 heavy (non-hydrogen) atoms. The Morgan fingerprint density at radius 1 is 1.35 bits per heavy atom. The number of hydrogen-bond acceptors (Lipinski definition) is 2. The van der Waals surface area contributed by atoms with Crippen LogP contribution in [-0.4, -0.2) is 28.0 Å². The summed E-state index contributed by atoms with van der Waals surface area (Å²) in [5.74, 6) is 0.723. The van der Waals surface area contributed by atoms with Crippen LogP contribution >= 0.6 is 12.2 Å². The SMILES string of the molecule is CC(C)C[C@H]1NC(=S)N(C2CCCCC2)C1=O. The van der Waals surface area contributed by atoms with Crippen LogP contribution in [0.3, 0.4) is 0 Å². The second kappa shape index (κ2) is 5.34. The summed E-state index contributed by atoms with van der Waals surface area (Å²) in [7, 11) is 0. The standard InChI is InChI=1S/C13H22N2OS/c1-9(2)8-11-12(16)15(13(17)14-11)10-6-4-3-5-7-10/h9-11H,3-8H2,1-2H3,(H,14,17)/t11-/m1/s1. The highest BCUT2D eigenvalue weighted by molar-refractivity contribution is 7.80. The normalized spacial score (nSPS) is 26.8. The van der Waals surface area contributed by atoms with E-state index in [0.717, 1.165) is 19.3 Å². The smallest absolute Gasteiger partial charge is 0.251 e. The molecule has 2 fully saturated rings. The van der Waals surface area contributed by atoms with Gasteiger partial charge >= 0.3 is 0 Å². The first kappa shape index (κ1) is 12.8. The van der Waals surface area contributed by atoms with Gasteiger partial charge in [0.2, 0.25) is 0 Å². The summed E-state index contributed by atoms with van der Waals surface area (Å²) in [6, 6.07) is 0.276. The largest absolute Gasteiger partial charge is 0.350 e. The fourth-order valence-electron chi connectivity index (χ4n) is 2.86. The van der Waals surface area contributed by atoms with Gasteiger partial charge in [0.25, 0.3) is 5.91 Å². The lowest BCUT2D eigenvalue weighted by Gasteiger charge is -2.30. The highest BCUT2D eigenvalue weighted by atomic mass is 32.1. The van der Waals surface area contributed by atoms with Crippen LogP contribution in [0.25, 0.3) is 0 Å². The van der Waals surface area contributed by atoms with E-state index in [1.807, 2.05) is 4.90 Å². The Morgan fingerprint density at radius 2 is 2.00 bits per heavy atom. The van der Waals surface area contributed by atoms with Crippen LogP contribution in [0.1, 0.15) is 52.4 Å². The number of carbonyl (C=O) groups is 1. The van der Waals surface area contributed by atoms with Gasteiger partial charge in [-0.05, 0) is 37.4 Å². The third kappa shape index (κ3) is 2.79. The summed E-state index contributed by atoms with van der Waals surface area (Å²) in [4.78, 5) is 14.2. The monoisotopic (exact) mass is 254 g/mol. The van der Waals surface area contributed by atoms with Crippen molar-refractivity contribution < 1.29 is 4.79 Å². The maximum absolute atomic E-state index is 12.3. The lowest BCUT2D eigenvalue weighted by Crippen LogP contribution is -2.41. The highest BCUT2D eigenvalue weighted by Gasteiger charge is 2.39. The fourth-order valence-corrected chi connectivity index (χ4v) is 3.25. The molecule has 96 valence electrons. The molecule has 0 aromatic rings. The van der Waals surface area contributed by atoms with Crippen LogP contribution in [0.15, 0.2) is 0 Å². The lowest BCUT2D eigenvalue weighted by molar-refractivity contribution is -0.129. The maximum atomic E-state index is 12.3. The second-order valence-corrected chi connectivity index (χ2v) is 6.02. The van der Waals surface area contributed by atoms with Gasteiger partial charge in [0.15, 0.2) is 5.11 Å². The molecule has 4 heteroatoms. The Labute approximate surface area is 109 Å². The number of nitrogens with one attached hydrogen (secondary N) is 1. The van der Waals surface area contributed by atoms with E-state index in [1.165, 1.54) is 19.3 Å². The van der Waals surface area contributed by atoms with Crippen molar-refractivity contribution in [2.24, 2.45) is 5.92 Å². The summed E-state index contributed by atoms with van der Waals surface area (Å²) < 4.78 is 0. The maximum Gasteiger partial charge on any atom is 0.251 e. The zero-order valence-corrected chi connectivity index (χ0v) is 11.6. The van der Waals surface area contributed by atoms with Crippen molar-refractivity contribution in [1.29, 1.82) is 0 Å². The molecule has 2 rings (SSSR count). The molecule has 0 radical (unpaired) electrons. The summed E-state index contributed by atoms with van der Waals surface area (Å²) in [5, 5.41) is 3.85. The van der Waals surface area contributed by atoms with Crippen LogP contribution in [-0.2, 0) is 4.79 Å². The molecule has 0 aromatic carbocycles. The summed E-state index contributed by atoms with van der Waals surface area (Å²) in [6.07, 6.45) is 6.86. The van der Waals surface area contributed by atoms with E-state index in [2.05, 4.69) is 19.2 Å². The quantitative estimate of drug-likeness (QED) is 0.785. The van der Waals surface area contributed by atoms with Crippen LogP contribution in [0.5, 0.6) is 0 Å². The van der Waals surface area contributed by atoms with Gasteiger partial charge in [-0.3, -0.25) is 9.69 Å². The van der Waals surface area contributed by atoms with Gasteiger partial charge in [0, 0.05) is 6.04 Å². The Balaban J connectivity index is 2.02. The lowest BCUT2D eigenvalue weighted by atomic mass is 9.94. The van der Waals surface area contributed by atoms with E-state index >= 15 is 0 Å². The molecular formula is C13H22N2OS. The van der Waals surface area contributed by atoms with Crippen LogP contribution in [0, 0.1) is 5.92 Å². The molecule has 1 saturated carbocycles. The number of rotatable bonds is 3.